The maximum atomic E-state index is 13.6. The third-order valence-electron chi connectivity index (χ3n) is 2.41. The lowest BCUT2D eigenvalue weighted by molar-refractivity contribution is -0.158. The molecule has 0 spiro atoms. The van der Waals surface area contributed by atoms with Crippen LogP contribution < -0.4 is 0 Å². The highest BCUT2D eigenvalue weighted by molar-refractivity contribution is 9.10. The molecule has 1 aromatic carbocycles. The van der Waals surface area contributed by atoms with E-state index in [1.807, 2.05) is 0 Å². The molecule has 0 fully saturated rings. The van der Waals surface area contributed by atoms with Crippen LogP contribution in [0.4, 0.5) is 4.39 Å². The number of rotatable bonds is 4. The summed E-state index contributed by atoms with van der Waals surface area (Å²) in [6, 6.07) is 4.39. The molecule has 0 N–H and O–H groups in total. The fourth-order valence-electron chi connectivity index (χ4n) is 1.45. The maximum absolute atomic E-state index is 13.6. The highest BCUT2D eigenvalue weighted by Crippen LogP contribution is 2.19. The quantitative estimate of drug-likeness (QED) is 0.630. The fraction of sp³-hybridized carbons (Fsp3) is 0.333. The lowest BCUT2D eigenvalue weighted by Gasteiger charge is -2.12. The van der Waals surface area contributed by atoms with Crippen molar-refractivity contribution in [1.29, 1.82) is 0 Å². The van der Waals surface area contributed by atoms with Gasteiger partial charge in [-0.2, -0.15) is 0 Å². The molecule has 98 valence electrons. The first-order valence-corrected chi connectivity index (χ1v) is 5.88. The minimum Gasteiger partial charge on any atom is -0.468 e. The molecule has 4 nitrogen and oxygen atoms in total. The molecule has 18 heavy (non-hydrogen) atoms. The predicted molar refractivity (Wildman–Crippen MR) is 65.3 cm³/mol. The first kappa shape index (κ1) is 14.6. The van der Waals surface area contributed by atoms with Gasteiger partial charge in [0.25, 0.3) is 0 Å². The number of ether oxygens (including phenoxy) is 2. The summed E-state index contributed by atoms with van der Waals surface area (Å²) in [5, 5.41) is 0. The second-order valence-corrected chi connectivity index (χ2v) is 4.45. The third kappa shape index (κ3) is 3.53. The van der Waals surface area contributed by atoms with E-state index in [0.29, 0.717) is 4.47 Å². The summed E-state index contributed by atoms with van der Waals surface area (Å²) >= 11 is 3.12. The van der Waals surface area contributed by atoms with Gasteiger partial charge in [0.05, 0.1) is 14.2 Å². The largest absolute Gasteiger partial charge is 0.468 e. The van der Waals surface area contributed by atoms with E-state index in [1.54, 1.807) is 6.07 Å². The van der Waals surface area contributed by atoms with Crippen molar-refractivity contribution in [3.63, 3.8) is 0 Å². The van der Waals surface area contributed by atoms with Gasteiger partial charge < -0.3 is 9.47 Å². The van der Waals surface area contributed by atoms with E-state index < -0.39 is 23.7 Å². The van der Waals surface area contributed by atoms with E-state index in [9.17, 15) is 14.0 Å². The Balaban J connectivity index is 2.96. The normalized spacial score (nSPS) is 10.3. The Morgan fingerprint density at radius 2 is 1.83 bits per heavy atom. The molecule has 0 saturated heterocycles. The average molecular weight is 319 g/mol. The molecule has 0 aliphatic carbocycles. The van der Waals surface area contributed by atoms with Gasteiger partial charge in [-0.05, 0) is 24.1 Å². The molecule has 1 aromatic rings. The van der Waals surface area contributed by atoms with Crippen LogP contribution in [-0.2, 0) is 25.5 Å². The number of carbonyl (C=O) groups excluding carboxylic acids is 2. The summed E-state index contributed by atoms with van der Waals surface area (Å²) in [4.78, 5) is 22.9. The van der Waals surface area contributed by atoms with Crippen LogP contribution in [0.5, 0.6) is 0 Å². The number of halogens is 2. The van der Waals surface area contributed by atoms with Crippen LogP contribution in [0.2, 0.25) is 0 Å². The molecule has 0 atom stereocenters. The van der Waals surface area contributed by atoms with Gasteiger partial charge in [0, 0.05) is 4.47 Å². The van der Waals surface area contributed by atoms with Crippen molar-refractivity contribution in [3.8, 4) is 0 Å². The number of benzene rings is 1. The summed E-state index contributed by atoms with van der Waals surface area (Å²) in [6.45, 7) is 0. The summed E-state index contributed by atoms with van der Waals surface area (Å²) in [5.41, 5.74) is 0.249. The van der Waals surface area contributed by atoms with Crippen molar-refractivity contribution in [3.05, 3.63) is 34.1 Å². The zero-order valence-corrected chi connectivity index (χ0v) is 11.5. The molecule has 1 rings (SSSR count). The Morgan fingerprint density at radius 1 is 1.28 bits per heavy atom. The van der Waals surface area contributed by atoms with Crippen molar-refractivity contribution in [2.75, 3.05) is 14.2 Å². The molecule has 0 saturated carbocycles. The molecule has 0 unspecified atom stereocenters. The molecule has 0 bridgehead atoms. The van der Waals surface area contributed by atoms with Gasteiger partial charge in [-0.3, -0.25) is 9.59 Å². The van der Waals surface area contributed by atoms with Gasteiger partial charge in [-0.1, -0.05) is 22.0 Å². The summed E-state index contributed by atoms with van der Waals surface area (Å²) < 4.78 is 23.2. The molecule has 0 aliphatic rings. The SMILES string of the molecule is COC(=O)C(Cc1ccc(Br)cc1F)C(=O)OC. The van der Waals surface area contributed by atoms with Gasteiger partial charge in [-0.15, -0.1) is 0 Å². The molecule has 0 radical (unpaired) electrons. The topological polar surface area (TPSA) is 52.6 Å². The Bertz CT molecular complexity index is 445. The highest BCUT2D eigenvalue weighted by atomic mass is 79.9. The molecular weight excluding hydrogens is 307 g/mol. The van der Waals surface area contributed by atoms with Crippen LogP contribution in [0.25, 0.3) is 0 Å². The number of carbonyl (C=O) groups is 2. The monoisotopic (exact) mass is 318 g/mol. The van der Waals surface area contributed by atoms with Gasteiger partial charge >= 0.3 is 11.9 Å². The van der Waals surface area contributed by atoms with Gasteiger partial charge in [-0.25, -0.2) is 4.39 Å². The van der Waals surface area contributed by atoms with E-state index in [1.165, 1.54) is 12.1 Å². The fourth-order valence-corrected chi connectivity index (χ4v) is 1.79. The van der Waals surface area contributed by atoms with Crippen molar-refractivity contribution in [1.82, 2.24) is 0 Å². The third-order valence-corrected chi connectivity index (χ3v) is 2.90. The minimum atomic E-state index is -1.16. The number of methoxy groups -OCH3 is 2. The standard InChI is InChI=1S/C12H12BrFO4/c1-17-11(15)9(12(16)18-2)5-7-3-4-8(13)6-10(7)14/h3-4,6,9H,5H2,1-2H3. The minimum absolute atomic E-state index is 0.0988. The first-order valence-electron chi connectivity index (χ1n) is 5.09. The number of hydrogen-bond donors (Lipinski definition) is 0. The van der Waals surface area contributed by atoms with Gasteiger partial charge in [0.15, 0.2) is 5.92 Å². The Labute approximate surface area is 112 Å². The van der Waals surface area contributed by atoms with Crippen LogP contribution >= 0.6 is 15.9 Å². The van der Waals surface area contributed by atoms with Crippen LogP contribution in [0.3, 0.4) is 0 Å². The maximum Gasteiger partial charge on any atom is 0.320 e. The van der Waals surface area contributed by atoms with Crippen molar-refractivity contribution < 1.29 is 23.5 Å². The molecule has 0 aliphatic heterocycles. The second kappa shape index (κ2) is 6.49. The molecule has 0 heterocycles. The van der Waals surface area contributed by atoms with E-state index in [0.717, 1.165) is 14.2 Å². The molecule has 0 aromatic heterocycles. The highest BCUT2D eigenvalue weighted by Gasteiger charge is 2.29. The number of hydrogen-bond acceptors (Lipinski definition) is 4. The lowest BCUT2D eigenvalue weighted by Crippen LogP contribution is -2.28. The van der Waals surface area contributed by atoms with Gasteiger partial charge in [0.1, 0.15) is 5.82 Å². The van der Waals surface area contributed by atoms with E-state index in [4.69, 9.17) is 0 Å². The first-order chi connectivity index (χ1) is 8.49. The Kier molecular flexibility index (Phi) is 5.27. The van der Waals surface area contributed by atoms with Crippen molar-refractivity contribution >= 4 is 27.9 Å². The summed E-state index contributed by atoms with van der Waals surface area (Å²) in [7, 11) is 2.33. The molecule has 0 amide bonds. The predicted octanol–water partition coefficient (Wildman–Crippen LogP) is 2.09. The molecule has 6 heteroatoms. The van der Waals surface area contributed by atoms with Crippen LogP contribution in [0.15, 0.2) is 22.7 Å². The van der Waals surface area contributed by atoms with Crippen LogP contribution in [0.1, 0.15) is 5.56 Å². The number of esters is 2. The van der Waals surface area contributed by atoms with E-state index >= 15 is 0 Å². The summed E-state index contributed by atoms with van der Waals surface area (Å²) in [5.74, 6) is -3.15. The Morgan fingerprint density at radius 3 is 2.28 bits per heavy atom. The smallest absolute Gasteiger partial charge is 0.320 e. The van der Waals surface area contributed by atoms with E-state index in [-0.39, 0.29) is 12.0 Å². The van der Waals surface area contributed by atoms with Gasteiger partial charge in [0.2, 0.25) is 0 Å². The Hall–Kier alpha value is -1.43. The zero-order valence-electron chi connectivity index (χ0n) is 9.91. The lowest BCUT2D eigenvalue weighted by atomic mass is 9.99. The zero-order chi connectivity index (χ0) is 13.7. The van der Waals surface area contributed by atoms with E-state index in [2.05, 4.69) is 25.4 Å². The molecular formula is C12H12BrFO4. The summed E-state index contributed by atoms with van der Waals surface area (Å²) in [6.07, 6.45) is -0.0988. The second-order valence-electron chi connectivity index (χ2n) is 3.54. The van der Waals surface area contributed by atoms with Crippen LogP contribution in [-0.4, -0.2) is 26.2 Å². The van der Waals surface area contributed by atoms with Crippen LogP contribution in [0, 0.1) is 11.7 Å². The average Bonchev–Trinajstić information content (AvgIpc) is 2.36. The van der Waals surface area contributed by atoms with Crippen molar-refractivity contribution in [2.24, 2.45) is 5.92 Å². The van der Waals surface area contributed by atoms with Crippen molar-refractivity contribution in [2.45, 2.75) is 6.42 Å².